The van der Waals surface area contributed by atoms with Crippen molar-refractivity contribution in [2.24, 2.45) is 5.92 Å². The van der Waals surface area contributed by atoms with Gasteiger partial charge in [-0.1, -0.05) is 12.7 Å². The molecule has 3 aromatic heterocycles. The van der Waals surface area contributed by atoms with E-state index in [2.05, 4.69) is 39.7 Å². The lowest BCUT2D eigenvalue weighted by molar-refractivity contribution is -0.115. The Balaban J connectivity index is 1.70. The van der Waals surface area contributed by atoms with Gasteiger partial charge in [0.15, 0.2) is 5.78 Å². The number of carbonyl (C=O) groups excluding carboxylic acids is 1. The van der Waals surface area contributed by atoms with Gasteiger partial charge in [-0.25, -0.2) is 4.98 Å². The molecule has 1 atom stereocenters. The van der Waals surface area contributed by atoms with Crippen LogP contribution in [0.15, 0.2) is 53.9 Å². The number of H-pyrrole nitrogens is 1. The van der Waals surface area contributed by atoms with Crippen LogP contribution < -0.4 is 0 Å². The summed E-state index contributed by atoms with van der Waals surface area (Å²) < 4.78 is 5.90. The van der Waals surface area contributed by atoms with Gasteiger partial charge in [0.1, 0.15) is 11.4 Å². The molecular weight excluding hydrogens is 362 g/mol. The van der Waals surface area contributed by atoms with Crippen LogP contribution in [0.2, 0.25) is 0 Å². The van der Waals surface area contributed by atoms with Crippen LogP contribution in [-0.4, -0.2) is 34.7 Å². The number of ketones is 1. The van der Waals surface area contributed by atoms with E-state index in [1.165, 1.54) is 17.2 Å². The van der Waals surface area contributed by atoms with Crippen LogP contribution in [0.3, 0.4) is 0 Å². The van der Waals surface area contributed by atoms with Crippen molar-refractivity contribution in [1.29, 1.82) is 0 Å². The summed E-state index contributed by atoms with van der Waals surface area (Å²) in [7, 11) is 4.09. The van der Waals surface area contributed by atoms with Crippen molar-refractivity contribution in [2.75, 3.05) is 14.1 Å². The summed E-state index contributed by atoms with van der Waals surface area (Å²) in [6, 6.07) is 4.17. The molecule has 4 rings (SSSR count). The first-order chi connectivity index (χ1) is 14.0. The van der Waals surface area contributed by atoms with Gasteiger partial charge in [-0.3, -0.25) is 4.79 Å². The SMILES string of the molecule is C=CC(=O)CC1CCC=C(c2ccnc3[nH]cc(-c4cc(CN(C)C)co4)c23)C1. The number of fused-ring (bicyclic) bond motifs is 1. The first kappa shape index (κ1) is 19.4. The van der Waals surface area contributed by atoms with Gasteiger partial charge < -0.3 is 14.3 Å². The lowest BCUT2D eigenvalue weighted by Crippen LogP contribution is -2.11. The first-order valence-corrected chi connectivity index (χ1v) is 10.1. The number of nitrogens with one attached hydrogen (secondary N) is 1. The first-order valence-electron chi connectivity index (χ1n) is 10.1. The number of nitrogens with zero attached hydrogens (tertiary/aromatic N) is 2. The number of hydrogen-bond donors (Lipinski definition) is 1. The molecule has 0 saturated heterocycles. The molecule has 0 aromatic carbocycles. The number of aromatic amines is 1. The summed E-state index contributed by atoms with van der Waals surface area (Å²) >= 11 is 0. The largest absolute Gasteiger partial charge is 0.464 e. The monoisotopic (exact) mass is 389 g/mol. The Kier molecular flexibility index (Phi) is 5.49. The van der Waals surface area contributed by atoms with Gasteiger partial charge in [0, 0.05) is 41.9 Å². The highest BCUT2D eigenvalue weighted by Gasteiger charge is 2.22. The van der Waals surface area contributed by atoms with E-state index in [9.17, 15) is 4.79 Å². The third-order valence-electron chi connectivity index (χ3n) is 5.53. The predicted octanol–water partition coefficient (Wildman–Crippen LogP) is 5.21. The summed E-state index contributed by atoms with van der Waals surface area (Å²) in [6.45, 7) is 4.45. The molecule has 5 heteroatoms. The van der Waals surface area contributed by atoms with Crippen LogP contribution in [0, 0.1) is 5.92 Å². The Morgan fingerprint density at radius 2 is 2.28 bits per heavy atom. The molecule has 0 aliphatic heterocycles. The normalized spacial score (nSPS) is 16.9. The minimum Gasteiger partial charge on any atom is -0.464 e. The van der Waals surface area contributed by atoms with E-state index in [0.29, 0.717) is 12.3 Å². The molecule has 1 unspecified atom stereocenters. The standard InChI is InChI=1S/C24H27N3O2/c1-4-19(28)11-16-6-5-7-18(10-16)20-8-9-25-24-23(20)21(13-26-24)22-12-17(15-29-22)14-27(2)3/h4,7-9,12-13,15-16H,1,5-6,10-11,14H2,2-3H3,(H,25,26). The maximum atomic E-state index is 11.8. The van der Waals surface area contributed by atoms with Gasteiger partial charge in [-0.15, -0.1) is 0 Å². The lowest BCUT2D eigenvalue weighted by Gasteiger charge is -2.22. The third kappa shape index (κ3) is 4.10. The fourth-order valence-corrected chi connectivity index (χ4v) is 4.24. The number of pyridine rings is 1. The second-order valence-corrected chi connectivity index (χ2v) is 8.09. The van der Waals surface area contributed by atoms with Gasteiger partial charge in [-0.2, -0.15) is 0 Å². The molecule has 5 nitrogen and oxygen atoms in total. The van der Waals surface area contributed by atoms with Crippen molar-refractivity contribution in [1.82, 2.24) is 14.9 Å². The number of rotatable bonds is 7. The molecule has 3 heterocycles. The van der Waals surface area contributed by atoms with Crippen molar-refractivity contribution < 1.29 is 9.21 Å². The van der Waals surface area contributed by atoms with Crippen molar-refractivity contribution in [3.8, 4) is 11.3 Å². The predicted molar refractivity (Wildman–Crippen MR) is 116 cm³/mol. The van der Waals surface area contributed by atoms with Crippen molar-refractivity contribution in [3.05, 3.63) is 60.6 Å². The number of hydrogen-bond acceptors (Lipinski definition) is 4. The summed E-state index contributed by atoms with van der Waals surface area (Å²) in [4.78, 5) is 21.8. The molecule has 150 valence electrons. The van der Waals surface area contributed by atoms with Crippen molar-refractivity contribution >= 4 is 22.4 Å². The fourth-order valence-electron chi connectivity index (χ4n) is 4.24. The zero-order valence-electron chi connectivity index (χ0n) is 17.1. The zero-order chi connectivity index (χ0) is 20.4. The molecular formula is C24H27N3O2. The second kappa shape index (κ2) is 8.21. The molecule has 29 heavy (non-hydrogen) atoms. The minimum atomic E-state index is 0.127. The van der Waals surface area contributed by atoms with Crippen molar-refractivity contribution in [2.45, 2.75) is 32.2 Å². The van der Waals surface area contributed by atoms with E-state index in [0.717, 1.165) is 53.7 Å². The maximum absolute atomic E-state index is 11.8. The fraction of sp³-hybridized carbons (Fsp3) is 0.333. The molecule has 0 fully saturated rings. The average molecular weight is 389 g/mol. The molecule has 0 radical (unpaired) electrons. The summed E-state index contributed by atoms with van der Waals surface area (Å²) in [6.07, 6.45) is 12.9. The Morgan fingerprint density at radius 1 is 1.41 bits per heavy atom. The number of furan rings is 1. The molecule has 3 aromatic rings. The zero-order valence-corrected chi connectivity index (χ0v) is 17.1. The van der Waals surface area contributed by atoms with Crippen LogP contribution >= 0.6 is 0 Å². The Hall–Kier alpha value is -2.92. The topological polar surface area (TPSA) is 62.1 Å². The summed E-state index contributed by atoms with van der Waals surface area (Å²) in [5, 5.41) is 1.08. The molecule has 1 aliphatic rings. The quantitative estimate of drug-likeness (QED) is 0.563. The highest BCUT2D eigenvalue weighted by molar-refractivity contribution is 6.00. The van der Waals surface area contributed by atoms with E-state index in [4.69, 9.17) is 4.42 Å². The lowest BCUT2D eigenvalue weighted by atomic mass is 9.82. The molecule has 0 saturated carbocycles. The number of allylic oxidation sites excluding steroid dienone is 3. The number of carbonyl (C=O) groups is 1. The van der Waals surface area contributed by atoms with Gasteiger partial charge in [0.2, 0.25) is 0 Å². The molecule has 0 amide bonds. The Labute approximate surface area is 171 Å². The van der Waals surface area contributed by atoms with Gasteiger partial charge in [0.05, 0.1) is 6.26 Å². The van der Waals surface area contributed by atoms with Crippen LogP contribution in [0.5, 0.6) is 0 Å². The van der Waals surface area contributed by atoms with E-state index >= 15 is 0 Å². The van der Waals surface area contributed by atoms with Gasteiger partial charge >= 0.3 is 0 Å². The van der Waals surface area contributed by atoms with Crippen LogP contribution in [0.1, 0.15) is 36.8 Å². The third-order valence-corrected chi connectivity index (χ3v) is 5.53. The molecule has 1 aliphatic carbocycles. The van der Waals surface area contributed by atoms with Gasteiger partial charge in [0.25, 0.3) is 0 Å². The van der Waals surface area contributed by atoms with Crippen LogP contribution in [-0.2, 0) is 11.3 Å². The smallest absolute Gasteiger partial charge is 0.155 e. The number of aromatic nitrogens is 2. The second-order valence-electron chi connectivity index (χ2n) is 8.09. The van der Waals surface area contributed by atoms with E-state index in [1.54, 1.807) is 0 Å². The molecule has 0 spiro atoms. The molecule has 0 bridgehead atoms. The van der Waals surface area contributed by atoms with Gasteiger partial charge in [-0.05, 0) is 68.6 Å². The maximum Gasteiger partial charge on any atom is 0.155 e. The Morgan fingerprint density at radius 3 is 3.07 bits per heavy atom. The Bertz CT molecular complexity index is 1070. The van der Waals surface area contributed by atoms with Crippen LogP contribution in [0.25, 0.3) is 27.9 Å². The highest BCUT2D eigenvalue weighted by Crippen LogP contribution is 2.39. The van der Waals surface area contributed by atoms with E-state index < -0.39 is 0 Å². The summed E-state index contributed by atoms with van der Waals surface area (Å²) in [5.41, 5.74) is 5.48. The average Bonchev–Trinajstić information content (AvgIpc) is 3.34. The molecule has 1 N–H and O–H groups in total. The minimum absolute atomic E-state index is 0.127. The summed E-state index contributed by atoms with van der Waals surface area (Å²) in [5.74, 6) is 1.33. The van der Waals surface area contributed by atoms with E-state index in [1.807, 2.05) is 32.8 Å². The highest BCUT2D eigenvalue weighted by atomic mass is 16.3. The van der Waals surface area contributed by atoms with Crippen molar-refractivity contribution in [3.63, 3.8) is 0 Å². The van der Waals surface area contributed by atoms with E-state index in [-0.39, 0.29) is 5.78 Å². The van der Waals surface area contributed by atoms with Crippen LogP contribution in [0.4, 0.5) is 0 Å².